The van der Waals surface area contributed by atoms with Crippen molar-refractivity contribution in [1.82, 2.24) is 4.57 Å². The number of ether oxygens (including phenoxy) is 1. The number of nitrogens with zero attached hydrogens (tertiary/aromatic N) is 1. The molecular weight excluding hydrogens is 301 g/mol. The van der Waals surface area contributed by atoms with E-state index in [-0.39, 0.29) is 22.7 Å². The van der Waals surface area contributed by atoms with Crippen molar-refractivity contribution in [2.24, 2.45) is 5.73 Å². The Kier molecular flexibility index (Phi) is 5.00. The second kappa shape index (κ2) is 6.78. The Morgan fingerprint density at radius 3 is 2.74 bits per heavy atom. The number of esters is 1. The maximum absolute atomic E-state index is 14.2. The Bertz CT molecular complexity index is 799. The molecule has 2 rings (SSSR count). The molecule has 1 atom stereocenters. The van der Waals surface area contributed by atoms with Crippen molar-refractivity contribution in [3.05, 3.63) is 39.9 Å². The molecule has 1 aromatic carbocycles. The van der Waals surface area contributed by atoms with Crippen LogP contribution in [0.15, 0.2) is 23.1 Å². The lowest BCUT2D eigenvalue weighted by Crippen LogP contribution is -2.25. The first-order valence-electron chi connectivity index (χ1n) is 7.33. The summed E-state index contributed by atoms with van der Waals surface area (Å²) in [6, 6.07) is 2.55. The monoisotopic (exact) mass is 321 g/mol. The van der Waals surface area contributed by atoms with Crippen LogP contribution in [-0.2, 0) is 11.3 Å². The predicted molar refractivity (Wildman–Crippen MR) is 87.3 cm³/mol. The van der Waals surface area contributed by atoms with Gasteiger partial charge in [-0.2, -0.15) is 0 Å². The first kappa shape index (κ1) is 17.0. The number of hydrogen-bond donors (Lipinski definition) is 2. The quantitative estimate of drug-likeness (QED) is 0.819. The van der Waals surface area contributed by atoms with E-state index in [9.17, 15) is 14.0 Å². The average molecular weight is 321 g/mol. The van der Waals surface area contributed by atoms with Crippen LogP contribution < -0.4 is 16.5 Å². The van der Waals surface area contributed by atoms with Crippen LogP contribution in [0.1, 0.15) is 24.2 Å². The number of halogens is 1. The molecule has 0 radical (unpaired) electrons. The zero-order valence-corrected chi connectivity index (χ0v) is 13.4. The van der Waals surface area contributed by atoms with Crippen LogP contribution in [0.25, 0.3) is 10.9 Å². The van der Waals surface area contributed by atoms with Crippen molar-refractivity contribution >= 4 is 22.6 Å². The van der Waals surface area contributed by atoms with E-state index in [1.165, 1.54) is 13.3 Å². The highest BCUT2D eigenvalue weighted by atomic mass is 19.1. The first-order valence-corrected chi connectivity index (χ1v) is 7.33. The summed E-state index contributed by atoms with van der Waals surface area (Å²) in [6.45, 7) is 4.58. The topological polar surface area (TPSA) is 86.3 Å². The molecule has 0 aliphatic heterocycles. The summed E-state index contributed by atoms with van der Waals surface area (Å²) in [5.41, 5.74) is 5.81. The number of rotatable bonds is 5. The van der Waals surface area contributed by atoms with Crippen molar-refractivity contribution < 1.29 is 13.9 Å². The molecule has 23 heavy (non-hydrogen) atoms. The summed E-state index contributed by atoms with van der Waals surface area (Å²) < 4.78 is 20.6. The highest BCUT2D eigenvalue weighted by Crippen LogP contribution is 2.22. The molecule has 0 bridgehead atoms. The molecule has 6 nitrogen and oxygen atoms in total. The van der Waals surface area contributed by atoms with Gasteiger partial charge in [-0.05, 0) is 26.0 Å². The molecule has 0 saturated heterocycles. The zero-order chi connectivity index (χ0) is 17.1. The summed E-state index contributed by atoms with van der Waals surface area (Å²) in [6.07, 6.45) is 1.43. The fourth-order valence-corrected chi connectivity index (χ4v) is 2.33. The van der Waals surface area contributed by atoms with E-state index in [0.29, 0.717) is 18.6 Å². The number of carbonyl (C=O) groups is 1. The third-order valence-electron chi connectivity index (χ3n) is 3.53. The van der Waals surface area contributed by atoms with Gasteiger partial charge in [0, 0.05) is 30.7 Å². The normalized spacial score (nSPS) is 12.2. The van der Waals surface area contributed by atoms with E-state index in [0.717, 1.165) is 6.07 Å². The molecule has 0 saturated carbocycles. The third-order valence-corrected chi connectivity index (χ3v) is 3.53. The summed E-state index contributed by atoms with van der Waals surface area (Å²) in [7, 11) is 1.20. The van der Waals surface area contributed by atoms with Gasteiger partial charge in [0.2, 0.25) is 5.43 Å². The fourth-order valence-electron chi connectivity index (χ4n) is 2.33. The minimum Gasteiger partial charge on any atom is -0.465 e. The molecule has 0 amide bonds. The van der Waals surface area contributed by atoms with Crippen LogP contribution in [0.4, 0.5) is 10.1 Å². The average Bonchev–Trinajstić information content (AvgIpc) is 2.53. The molecule has 0 aliphatic rings. The lowest BCUT2D eigenvalue weighted by atomic mass is 10.1. The molecular formula is C16H20FN3O3. The van der Waals surface area contributed by atoms with Crippen molar-refractivity contribution in [1.29, 1.82) is 0 Å². The number of nitrogens with one attached hydrogen (secondary N) is 1. The number of methoxy groups -OCH3 is 1. The molecule has 0 aliphatic carbocycles. The van der Waals surface area contributed by atoms with Gasteiger partial charge in [-0.25, -0.2) is 9.18 Å². The number of aromatic nitrogens is 1. The van der Waals surface area contributed by atoms with Gasteiger partial charge in [0.25, 0.3) is 0 Å². The number of nitrogens with two attached hydrogens (primary N) is 1. The lowest BCUT2D eigenvalue weighted by Gasteiger charge is -2.15. The number of carbonyl (C=O) groups excluding carboxylic acids is 1. The Labute approximate surface area is 133 Å². The summed E-state index contributed by atoms with van der Waals surface area (Å²) in [5.74, 6) is -1.31. The smallest absolute Gasteiger partial charge is 0.343 e. The number of aryl methyl sites for hydroxylation is 1. The first-order chi connectivity index (χ1) is 10.9. The van der Waals surface area contributed by atoms with Crippen molar-refractivity contribution in [3.63, 3.8) is 0 Å². The van der Waals surface area contributed by atoms with Gasteiger partial charge in [-0.1, -0.05) is 0 Å². The zero-order valence-electron chi connectivity index (χ0n) is 13.4. The fraction of sp³-hybridized carbons (Fsp3) is 0.375. The van der Waals surface area contributed by atoms with E-state index in [2.05, 4.69) is 10.1 Å². The summed E-state index contributed by atoms with van der Waals surface area (Å²) >= 11 is 0. The van der Waals surface area contributed by atoms with Gasteiger partial charge in [0.1, 0.15) is 11.4 Å². The molecule has 1 aromatic heterocycles. The molecule has 7 heteroatoms. The second-order valence-electron chi connectivity index (χ2n) is 5.36. The largest absolute Gasteiger partial charge is 0.465 e. The molecule has 0 spiro atoms. The molecule has 3 N–H and O–H groups in total. The number of anilines is 1. The van der Waals surface area contributed by atoms with E-state index < -0.39 is 17.2 Å². The molecule has 2 aromatic rings. The standard InChI is InChI=1S/C16H20FN3O3/c1-4-20-8-11(16(22)23-3)15(21)10-5-12(17)13(6-14(10)20)19-7-9(2)18/h5-6,8-9,19H,4,7,18H2,1-3H3. The van der Waals surface area contributed by atoms with Gasteiger partial charge >= 0.3 is 5.97 Å². The number of fused-ring (bicyclic) bond motifs is 1. The van der Waals surface area contributed by atoms with Crippen LogP contribution in [0, 0.1) is 5.82 Å². The van der Waals surface area contributed by atoms with Crippen LogP contribution in [0.2, 0.25) is 0 Å². The Balaban J connectivity index is 2.67. The highest BCUT2D eigenvalue weighted by molar-refractivity contribution is 5.94. The maximum atomic E-state index is 14.2. The van der Waals surface area contributed by atoms with E-state index in [1.54, 1.807) is 17.6 Å². The minimum atomic E-state index is -0.737. The second-order valence-corrected chi connectivity index (χ2v) is 5.36. The number of pyridine rings is 1. The van der Waals surface area contributed by atoms with Gasteiger partial charge in [0.05, 0.1) is 18.3 Å². The highest BCUT2D eigenvalue weighted by Gasteiger charge is 2.17. The van der Waals surface area contributed by atoms with Crippen LogP contribution in [0.3, 0.4) is 0 Å². The summed E-state index contributed by atoms with van der Waals surface area (Å²) in [4.78, 5) is 24.1. The number of hydrogen-bond acceptors (Lipinski definition) is 5. The van der Waals surface area contributed by atoms with Gasteiger partial charge in [-0.15, -0.1) is 0 Å². The van der Waals surface area contributed by atoms with Crippen LogP contribution >= 0.6 is 0 Å². The minimum absolute atomic E-state index is 0.113. The molecule has 1 unspecified atom stereocenters. The molecule has 1 heterocycles. The SMILES string of the molecule is CCn1cc(C(=O)OC)c(=O)c2cc(F)c(NCC(C)N)cc21. The summed E-state index contributed by atoms with van der Waals surface area (Å²) in [5, 5.41) is 3.05. The van der Waals surface area contributed by atoms with E-state index in [4.69, 9.17) is 5.73 Å². The Hall–Kier alpha value is -2.41. The van der Waals surface area contributed by atoms with Gasteiger partial charge < -0.3 is 20.4 Å². The van der Waals surface area contributed by atoms with Crippen LogP contribution in [0.5, 0.6) is 0 Å². The van der Waals surface area contributed by atoms with Crippen LogP contribution in [-0.4, -0.2) is 30.2 Å². The molecule has 124 valence electrons. The predicted octanol–water partition coefficient (Wildman–Crippen LogP) is 1.71. The van der Waals surface area contributed by atoms with Gasteiger partial charge in [0.15, 0.2) is 0 Å². The Morgan fingerprint density at radius 2 is 2.17 bits per heavy atom. The lowest BCUT2D eigenvalue weighted by molar-refractivity contribution is 0.0598. The van der Waals surface area contributed by atoms with E-state index in [1.807, 2.05) is 6.92 Å². The van der Waals surface area contributed by atoms with Crippen molar-refractivity contribution in [2.45, 2.75) is 26.4 Å². The van der Waals surface area contributed by atoms with Crippen molar-refractivity contribution in [2.75, 3.05) is 19.0 Å². The number of benzene rings is 1. The molecule has 0 fully saturated rings. The van der Waals surface area contributed by atoms with Crippen molar-refractivity contribution in [3.8, 4) is 0 Å². The van der Waals surface area contributed by atoms with Gasteiger partial charge in [-0.3, -0.25) is 4.79 Å². The Morgan fingerprint density at radius 1 is 1.48 bits per heavy atom. The maximum Gasteiger partial charge on any atom is 0.343 e. The third kappa shape index (κ3) is 3.34. The van der Waals surface area contributed by atoms with E-state index >= 15 is 0 Å².